The van der Waals surface area contributed by atoms with Crippen molar-refractivity contribution in [1.82, 2.24) is 10.2 Å². The number of methoxy groups -OCH3 is 2. The van der Waals surface area contributed by atoms with Crippen molar-refractivity contribution >= 4 is 17.6 Å². The predicted octanol–water partition coefficient (Wildman–Crippen LogP) is 3.79. The van der Waals surface area contributed by atoms with Gasteiger partial charge in [-0.25, -0.2) is 4.79 Å². The first-order chi connectivity index (χ1) is 14.9. The van der Waals surface area contributed by atoms with Gasteiger partial charge in [-0.1, -0.05) is 29.8 Å². The average Bonchev–Trinajstić information content (AvgIpc) is 2.78. The van der Waals surface area contributed by atoms with E-state index in [-0.39, 0.29) is 23.8 Å². The van der Waals surface area contributed by atoms with Crippen molar-refractivity contribution < 1.29 is 19.1 Å². The fraction of sp³-hybridized carbons (Fsp3) is 0.417. The number of piperidine rings is 1. The van der Waals surface area contributed by atoms with Crippen molar-refractivity contribution in [2.24, 2.45) is 5.92 Å². The highest BCUT2D eigenvalue weighted by molar-refractivity contribution is 5.93. The van der Waals surface area contributed by atoms with Gasteiger partial charge in [0.05, 0.1) is 20.1 Å². The fourth-order valence-corrected chi connectivity index (χ4v) is 4.04. The van der Waals surface area contributed by atoms with Crippen molar-refractivity contribution in [2.75, 3.05) is 39.2 Å². The topological polar surface area (TPSA) is 79.9 Å². The Morgan fingerprint density at radius 2 is 1.84 bits per heavy atom. The molecule has 3 rings (SSSR count). The molecule has 0 aromatic heterocycles. The van der Waals surface area contributed by atoms with E-state index >= 15 is 0 Å². The lowest BCUT2D eigenvalue weighted by atomic mass is 9.83. The van der Waals surface area contributed by atoms with E-state index in [0.29, 0.717) is 43.2 Å². The lowest BCUT2D eigenvalue weighted by Crippen LogP contribution is -2.50. The molecule has 2 unspecified atom stereocenters. The third kappa shape index (κ3) is 5.48. The monoisotopic (exact) mass is 425 g/mol. The minimum absolute atomic E-state index is 0.0948. The zero-order valence-corrected chi connectivity index (χ0v) is 18.6. The van der Waals surface area contributed by atoms with E-state index in [9.17, 15) is 9.59 Å². The molecule has 1 aliphatic rings. The number of ether oxygens (including phenoxy) is 2. The first kappa shape index (κ1) is 22.5. The summed E-state index contributed by atoms with van der Waals surface area (Å²) in [5.74, 6) is 0.803. The number of nitrogens with zero attached hydrogens (tertiary/aromatic N) is 1. The van der Waals surface area contributed by atoms with Crippen LogP contribution in [-0.4, -0.2) is 50.7 Å². The van der Waals surface area contributed by atoms with E-state index in [1.54, 1.807) is 37.3 Å². The maximum atomic E-state index is 13.1. The van der Waals surface area contributed by atoms with Crippen LogP contribution in [0.4, 0.5) is 10.5 Å². The van der Waals surface area contributed by atoms with Crippen molar-refractivity contribution in [3.05, 3.63) is 53.6 Å². The van der Waals surface area contributed by atoms with Crippen LogP contribution in [0, 0.1) is 12.8 Å². The van der Waals surface area contributed by atoms with Crippen LogP contribution in [0.15, 0.2) is 42.5 Å². The highest BCUT2D eigenvalue weighted by Gasteiger charge is 2.34. The summed E-state index contributed by atoms with van der Waals surface area (Å²) in [6.07, 6.45) is 0.679. The van der Waals surface area contributed by atoms with Gasteiger partial charge in [-0.15, -0.1) is 0 Å². The Labute approximate surface area is 183 Å². The van der Waals surface area contributed by atoms with Gasteiger partial charge >= 0.3 is 6.03 Å². The van der Waals surface area contributed by atoms with Gasteiger partial charge in [0.2, 0.25) is 5.91 Å². The molecule has 0 radical (unpaired) electrons. The Balaban J connectivity index is 1.80. The molecule has 166 valence electrons. The molecule has 0 saturated carbocycles. The van der Waals surface area contributed by atoms with Crippen LogP contribution in [0.5, 0.6) is 11.5 Å². The molecule has 31 heavy (non-hydrogen) atoms. The maximum Gasteiger partial charge on any atom is 0.317 e. The van der Waals surface area contributed by atoms with Crippen molar-refractivity contribution in [1.29, 1.82) is 0 Å². The third-order valence-corrected chi connectivity index (χ3v) is 5.60. The van der Waals surface area contributed by atoms with Gasteiger partial charge < -0.3 is 25.0 Å². The Morgan fingerprint density at radius 3 is 2.52 bits per heavy atom. The highest BCUT2D eigenvalue weighted by Crippen LogP contribution is 2.33. The van der Waals surface area contributed by atoms with Gasteiger partial charge in [-0.2, -0.15) is 0 Å². The molecular formula is C24H31N3O4. The molecule has 1 heterocycles. The van der Waals surface area contributed by atoms with Gasteiger partial charge in [0, 0.05) is 37.3 Å². The van der Waals surface area contributed by atoms with E-state index in [1.807, 2.05) is 13.0 Å². The van der Waals surface area contributed by atoms with Gasteiger partial charge in [0.1, 0.15) is 0 Å². The summed E-state index contributed by atoms with van der Waals surface area (Å²) in [5.41, 5.74) is 2.95. The summed E-state index contributed by atoms with van der Waals surface area (Å²) in [5, 5.41) is 5.84. The summed E-state index contributed by atoms with van der Waals surface area (Å²) in [7, 11) is 3.13. The highest BCUT2D eigenvalue weighted by atomic mass is 16.5. The summed E-state index contributed by atoms with van der Waals surface area (Å²) in [4.78, 5) is 27.5. The molecule has 3 amide bonds. The maximum absolute atomic E-state index is 13.1. The summed E-state index contributed by atoms with van der Waals surface area (Å²) in [6.45, 7) is 5.46. The number of rotatable bonds is 6. The number of likely N-dealkylation sites (tertiary alicyclic amines) is 1. The number of aryl methyl sites for hydroxylation is 1. The van der Waals surface area contributed by atoms with Gasteiger partial charge in [-0.05, 0) is 38.0 Å². The standard InChI is InChI=1S/C24H31N3O4/c1-5-25-24(29)27-14-18(17-8-6-7-16(2)11-17)12-19(15-27)23(28)26-20-9-10-21(30-3)22(13-20)31-4/h6-11,13,18-19H,5,12,14-15H2,1-4H3,(H,25,29)(H,26,28). The van der Waals surface area contributed by atoms with Crippen molar-refractivity contribution in [3.63, 3.8) is 0 Å². The van der Waals surface area contributed by atoms with Crippen molar-refractivity contribution in [3.8, 4) is 11.5 Å². The zero-order valence-electron chi connectivity index (χ0n) is 18.6. The number of hydrogen-bond donors (Lipinski definition) is 2. The van der Waals surface area contributed by atoms with Crippen LogP contribution in [-0.2, 0) is 4.79 Å². The minimum Gasteiger partial charge on any atom is -0.493 e. The number of amides is 3. The zero-order chi connectivity index (χ0) is 22.4. The molecular weight excluding hydrogens is 394 g/mol. The number of benzene rings is 2. The molecule has 0 aliphatic carbocycles. The smallest absolute Gasteiger partial charge is 0.317 e. The molecule has 1 saturated heterocycles. The SMILES string of the molecule is CCNC(=O)N1CC(C(=O)Nc2ccc(OC)c(OC)c2)CC(c2cccc(C)c2)C1. The van der Waals surface area contributed by atoms with Crippen LogP contribution in [0.3, 0.4) is 0 Å². The lowest BCUT2D eigenvalue weighted by Gasteiger charge is -2.37. The number of carbonyl (C=O) groups is 2. The number of hydrogen-bond acceptors (Lipinski definition) is 4. The van der Waals surface area contributed by atoms with Crippen molar-refractivity contribution in [2.45, 2.75) is 26.2 Å². The van der Waals surface area contributed by atoms with Crippen LogP contribution in [0.1, 0.15) is 30.4 Å². The van der Waals surface area contributed by atoms with Gasteiger partial charge in [-0.3, -0.25) is 4.79 Å². The molecule has 1 fully saturated rings. The Bertz CT molecular complexity index is 931. The molecule has 7 heteroatoms. The normalized spacial score (nSPS) is 18.3. The molecule has 2 aromatic carbocycles. The van der Waals surface area contributed by atoms with Crippen LogP contribution >= 0.6 is 0 Å². The first-order valence-corrected chi connectivity index (χ1v) is 10.6. The molecule has 7 nitrogen and oxygen atoms in total. The number of carbonyl (C=O) groups excluding carboxylic acids is 2. The Morgan fingerprint density at radius 1 is 1.06 bits per heavy atom. The summed E-state index contributed by atoms with van der Waals surface area (Å²) >= 11 is 0. The van der Waals surface area contributed by atoms with Gasteiger partial charge in [0.15, 0.2) is 11.5 Å². The van der Waals surface area contributed by atoms with Crippen LogP contribution < -0.4 is 20.1 Å². The largest absolute Gasteiger partial charge is 0.493 e. The number of anilines is 1. The van der Waals surface area contributed by atoms with E-state index in [4.69, 9.17) is 9.47 Å². The second kappa shape index (κ2) is 10.2. The van der Waals surface area contributed by atoms with E-state index in [1.165, 1.54) is 5.56 Å². The number of urea groups is 1. The quantitative estimate of drug-likeness (QED) is 0.738. The van der Waals surface area contributed by atoms with E-state index in [0.717, 1.165) is 5.56 Å². The Hall–Kier alpha value is -3.22. The first-order valence-electron chi connectivity index (χ1n) is 10.6. The molecule has 1 aliphatic heterocycles. The van der Waals surface area contributed by atoms with E-state index in [2.05, 4.69) is 35.8 Å². The molecule has 0 spiro atoms. The third-order valence-electron chi connectivity index (χ3n) is 5.60. The molecule has 0 bridgehead atoms. The second-order valence-electron chi connectivity index (χ2n) is 7.84. The lowest BCUT2D eigenvalue weighted by molar-refractivity contribution is -0.121. The fourth-order valence-electron chi connectivity index (χ4n) is 4.04. The summed E-state index contributed by atoms with van der Waals surface area (Å²) in [6, 6.07) is 13.4. The van der Waals surface area contributed by atoms with Crippen LogP contribution in [0.2, 0.25) is 0 Å². The van der Waals surface area contributed by atoms with Crippen LogP contribution in [0.25, 0.3) is 0 Å². The Kier molecular flexibility index (Phi) is 7.39. The second-order valence-corrected chi connectivity index (χ2v) is 7.84. The summed E-state index contributed by atoms with van der Waals surface area (Å²) < 4.78 is 10.6. The van der Waals surface area contributed by atoms with Gasteiger partial charge in [0.25, 0.3) is 0 Å². The molecule has 2 aromatic rings. The number of nitrogens with one attached hydrogen (secondary N) is 2. The molecule has 2 atom stereocenters. The molecule has 2 N–H and O–H groups in total. The predicted molar refractivity (Wildman–Crippen MR) is 121 cm³/mol. The minimum atomic E-state index is -0.324. The average molecular weight is 426 g/mol. The van der Waals surface area contributed by atoms with E-state index < -0.39 is 0 Å².